The molecule has 0 unspecified atom stereocenters. The number of anilines is 1. The number of fused-ring (bicyclic) bond motifs is 1. The lowest BCUT2D eigenvalue weighted by Gasteiger charge is -2.11. The zero-order valence-electron chi connectivity index (χ0n) is 14.7. The second-order valence-electron chi connectivity index (χ2n) is 5.85. The molecule has 6 nitrogen and oxygen atoms in total. The Balaban J connectivity index is 1.61. The number of pyridine rings is 1. The molecule has 0 fully saturated rings. The first-order valence-electron chi connectivity index (χ1n) is 8.29. The molecule has 0 aliphatic carbocycles. The topological polar surface area (TPSA) is 80.3 Å². The molecule has 0 radical (unpaired) electrons. The number of rotatable bonds is 6. The number of methoxy groups -OCH3 is 1. The molecule has 1 heterocycles. The molecule has 3 aromatic rings. The van der Waals surface area contributed by atoms with E-state index in [9.17, 15) is 14.0 Å². The minimum atomic E-state index is -0.405. The van der Waals surface area contributed by atoms with Gasteiger partial charge < -0.3 is 15.4 Å². The number of aromatic nitrogens is 1. The van der Waals surface area contributed by atoms with E-state index in [4.69, 9.17) is 4.74 Å². The van der Waals surface area contributed by atoms with Crippen LogP contribution in [0.2, 0.25) is 0 Å². The molecule has 0 bridgehead atoms. The monoisotopic (exact) mass is 367 g/mol. The average molecular weight is 367 g/mol. The Labute approximate surface area is 155 Å². The lowest BCUT2D eigenvalue weighted by molar-refractivity contribution is -0.123. The Bertz CT molecular complexity index is 991. The van der Waals surface area contributed by atoms with Crippen molar-refractivity contribution in [3.63, 3.8) is 0 Å². The van der Waals surface area contributed by atoms with Gasteiger partial charge in [-0.05, 0) is 42.0 Å². The van der Waals surface area contributed by atoms with Crippen LogP contribution in [0.5, 0.6) is 5.75 Å². The molecule has 2 N–H and O–H groups in total. The van der Waals surface area contributed by atoms with Crippen molar-refractivity contribution >= 4 is 28.4 Å². The Morgan fingerprint density at radius 1 is 1.11 bits per heavy atom. The summed E-state index contributed by atoms with van der Waals surface area (Å²) in [5.41, 5.74) is 1.75. The highest BCUT2D eigenvalue weighted by Gasteiger charge is 2.11. The number of halogens is 1. The smallest absolute Gasteiger partial charge is 0.243 e. The fourth-order valence-corrected chi connectivity index (χ4v) is 2.69. The third kappa shape index (κ3) is 4.58. The van der Waals surface area contributed by atoms with E-state index < -0.39 is 5.82 Å². The maximum absolute atomic E-state index is 13.1. The van der Waals surface area contributed by atoms with Gasteiger partial charge in [0.15, 0.2) is 0 Å². The third-order valence-electron chi connectivity index (χ3n) is 3.93. The summed E-state index contributed by atoms with van der Waals surface area (Å²) < 4.78 is 18.4. The molecule has 0 spiro atoms. The zero-order valence-corrected chi connectivity index (χ0v) is 14.7. The summed E-state index contributed by atoms with van der Waals surface area (Å²) >= 11 is 0. The van der Waals surface area contributed by atoms with Gasteiger partial charge in [-0.25, -0.2) is 4.39 Å². The fraction of sp³-hybridized carbons (Fsp3) is 0.150. The number of nitrogens with one attached hydrogen (secondary N) is 2. The first kappa shape index (κ1) is 18.3. The molecule has 27 heavy (non-hydrogen) atoms. The molecular formula is C20H18FN3O3. The largest absolute Gasteiger partial charge is 0.494 e. The summed E-state index contributed by atoms with van der Waals surface area (Å²) in [5, 5.41) is 6.02. The van der Waals surface area contributed by atoms with Gasteiger partial charge in [0.25, 0.3) is 0 Å². The SMILES string of the molecule is COc1ccc(NC(=O)CNC(=O)Cc2cccc(F)c2)c2cccnc12. The van der Waals surface area contributed by atoms with E-state index >= 15 is 0 Å². The van der Waals surface area contributed by atoms with E-state index in [1.165, 1.54) is 18.2 Å². The molecule has 0 aliphatic heterocycles. The second-order valence-corrected chi connectivity index (χ2v) is 5.85. The molecule has 7 heteroatoms. The molecule has 138 valence electrons. The quantitative estimate of drug-likeness (QED) is 0.702. The summed E-state index contributed by atoms with van der Waals surface area (Å²) in [6.07, 6.45) is 1.64. The maximum Gasteiger partial charge on any atom is 0.243 e. The minimum absolute atomic E-state index is 0.000423. The Morgan fingerprint density at radius 2 is 1.96 bits per heavy atom. The van der Waals surface area contributed by atoms with Crippen LogP contribution in [0.1, 0.15) is 5.56 Å². The van der Waals surface area contributed by atoms with Crippen LogP contribution in [0.4, 0.5) is 10.1 Å². The molecule has 2 aromatic carbocycles. The zero-order chi connectivity index (χ0) is 19.2. The van der Waals surface area contributed by atoms with Gasteiger partial charge in [0, 0.05) is 11.6 Å². The molecule has 2 amide bonds. The van der Waals surface area contributed by atoms with Gasteiger partial charge in [-0.15, -0.1) is 0 Å². The summed E-state index contributed by atoms with van der Waals surface area (Å²) in [6, 6.07) is 12.8. The fourth-order valence-electron chi connectivity index (χ4n) is 2.69. The summed E-state index contributed by atoms with van der Waals surface area (Å²) in [7, 11) is 1.55. The van der Waals surface area contributed by atoms with E-state index in [1.807, 2.05) is 6.07 Å². The minimum Gasteiger partial charge on any atom is -0.494 e. The van der Waals surface area contributed by atoms with Gasteiger partial charge in [-0.3, -0.25) is 14.6 Å². The number of benzene rings is 2. The second kappa shape index (κ2) is 8.27. The molecular weight excluding hydrogens is 349 g/mol. The van der Waals surface area contributed by atoms with E-state index in [2.05, 4.69) is 15.6 Å². The van der Waals surface area contributed by atoms with E-state index in [-0.39, 0.29) is 24.8 Å². The van der Waals surface area contributed by atoms with Crippen LogP contribution in [0.3, 0.4) is 0 Å². The normalized spacial score (nSPS) is 10.4. The van der Waals surface area contributed by atoms with Gasteiger partial charge in [-0.2, -0.15) is 0 Å². The highest BCUT2D eigenvalue weighted by molar-refractivity contribution is 6.04. The predicted molar refractivity (Wildman–Crippen MR) is 100 cm³/mol. The van der Waals surface area contributed by atoms with E-state index in [0.717, 1.165) is 5.39 Å². The Kier molecular flexibility index (Phi) is 5.61. The van der Waals surface area contributed by atoms with Crippen LogP contribution in [0.15, 0.2) is 54.7 Å². The highest BCUT2D eigenvalue weighted by atomic mass is 19.1. The van der Waals surface area contributed by atoms with Crippen LogP contribution < -0.4 is 15.4 Å². The lowest BCUT2D eigenvalue weighted by atomic mass is 10.1. The van der Waals surface area contributed by atoms with Gasteiger partial charge in [0.2, 0.25) is 11.8 Å². The predicted octanol–water partition coefficient (Wildman–Crippen LogP) is 2.68. The van der Waals surface area contributed by atoms with Crippen molar-refractivity contribution in [3.8, 4) is 5.75 Å². The maximum atomic E-state index is 13.1. The van der Waals surface area contributed by atoms with Crippen molar-refractivity contribution in [2.75, 3.05) is 19.0 Å². The van der Waals surface area contributed by atoms with Crippen molar-refractivity contribution in [1.29, 1.82) is 0 Å². The van der Waals surface area contributed by atoms with Crippen molar-refractivity contribution in [2.45, 2.75) is 6.42 Å². The molecule has 0 atom stereocenters. The molecule has 0 saturated heterocycles. The van der Waals surface area contributed by atoms with Crippen LogP contribution >= 0.6 is 0 Å². The summed E-state index contributed by atoms with van der Waals surface area (Å²) in [6.45, 7) is -0.193. The van der Waals surface area contributed by atoms with Crippen LogP contribution in [-0.4, -0.2) is 30.5 Å². The summed E-state index contributed by atoms with van der Waals surface area (Å²) in [4.78, 5) is 28.4. The molecule has 3 rings (SSSR count). The lowest BCUT2D eigenvalue weighted by Crippen LogP contribution is -2.33. The van der Waals surface area contributed by atoms with Gasteiger partial charge in [0.05, 0.1) is 25.8 Å². The summed E-state index contributed by atoms with van der Waals surface area (Å²) in [5.74, 6) is -0.542. The van der Waals surface area contributed by atoms with E-state index in [1.54, 1.807) is 37.6 Å². The highest BCUT2D eigenvalue weighted by Crippen LogP contribution is 2.29. The first-order valence-corrected chi connectivity index (χ1v) is 8.29. The Hall–Kier alpha value is -3.48. The van der Waals surface area contributed by atoms with Crippen LogP contribution in [0, 0.1) is 5.82 Å². The van der Waals surface area contributed by atoms with Crippen molar-refractivity contribution in [2.24, 2.45) is 0 Å². The first-order chi connectivity index (χ1) is 13.1. The van der Waals surface area contributed by atoms with Gasteiger partial charge in [0.1, 0.15) is 17.1 Å². The van der Waals surface area contributed by atoms with Crippen LogP contribution in [-0.2, 0) is 16.0 Å². The number of nitrogens with zero attached hydrogens (tertiary/aromatic N) is 1. The van der Waals surface area contributed by atoms with Gasteiger partial charge >= 0.3 is 0 Å². The molecule has 1 aromatic heterocycles. The standard InChI is InChI=1S/C20H18FN3O3/c1-27-17-8-7-16(15-6-3-9-22-20(15)17)24-19(26)12-23-18(25)11-13-4-2-5-14(21)10-13/h2-10H,11-12H2,1H3,(H,23,25)(H,24,26). The third-order valence-corrected chi connectivity index (χ3v) is 3.93. The number of amides is 2. The van der Waals surface area contributed by atoms with Crippen LogP contribution in [0.25, 0.3) is 10.9 Å². The van der Waals surface area contributed by atoms with Crippen molar-refractivity contribution in [1.82, 2.24) is 10.3 Å². The average Bonchev–Trinajstić information content (AvgIpc) is 2.67. The number of hydrogen-bond acceptors (Lipinski definition) is 4. The number of hydrogen-bond donors (Lipinski definition) is 2. The number of ether oxygens (including phenoxy) is 1. The molecule has 0 saturated carbocycles. The molecule has 0 aliphatic rings. The van der Waals surface area contributed by atoms with Gasteiger partial charge in [-0.1, -0.05) is 12.1 Å². The van der Waals surface area contributed by atoms with E-state index in [0.29, 0.717) is 22.5 Å². The van der Waals surface area contributed by atoms with Crippen molar-refractivity contribution in [3.05, 3.63) is 66.1 Å². The number of carbonyl (C=O) groups excluding carboxylic acids is 2. The number of carbonyl (C=O) groups is 2. The Morgan fingerprint density at radius 3 is 2.74 bits per heavy atom. The van der Waals surface area contributed by atoms with Crippen molar-refractivity contribution < 1.29 is 18.7 Å².